The SMILES string of the molecule is CC(C)(C)OC(=O)NC1CCCc2c(N)cccc21. The third-order valence-electron chi connectivity index (χ3n) is 3.23. The van der Waals surface area contributed by atoms with Crippen LogP contribution >= 0.6 is 0 Å². The first-order valence-corrected chi connectivity index (χ1v) is 6.73. The molecule has 1 unspecified atom stereocenters. The first kappa shape index (κ1) is 13.7. The normalized spacial score (nSPS) is 18.6. The fourth-order valence-corrected chi connectivity index (χ4v) is 2.48. The number of carbonyl (C=O) groups is 1. The summed E-state index contributed by atoms with van der Waals surface area (Å²) < 4.78 is 5.30. The van der Waals surface area contributed by atoms with Crippen molar-refractivity contribution in [3.8, 4) is 0 Å². The van der Waals surface area contributed by atoms with E-state index >= 15 is 0 Å². The van der Waals surface area contributed by atoms with Gasteiger partial charge in [-0.25, -0.2) is 4.79 Å². The molecule has 0 fully saturated rings. The number of nitrogens with two attached hydrogens (primary N) is 1. The van der Waals surface area contributed by atoms with Crippen molar-refractivity contribution in [2.24, 2.45) is 0 Å². The van der Waals surface area contributed by atoms with Gasteiger partial charge in [0.1, 0.15) is 5.60 Å². The second-order valence-electron chi connectivity index (χ2n) is 6.01. The summed E-state index contributed by atoms with van der Waals surface area (Å²) >= 11 is 0. The molecule has 1 aromatic rings. The number of nitrogens with one attached hydrogen (secondary N) is 1. The van der Waals surface area contributed by atoms with Crippen molar-refractivity contribution in [3.05, 3.63) is 29.3 Å². The van der Waals surface area contributed by atoms with Crippen molar-refractivity contribution in [2.45, 2.75) is 51.7 Å². The predicted molar refractivity (Wildman–Crippen MR) is 75.9 cm³/mol. The molecule has 3 N–H and O–H groups in total. The summed E-state index contributed by atoms with van der Waals surface area (Å²) in [5, 5.41) is 2.94. The number of alkyl carbamates (subject to hydrolysis) is 1. The number of benzene rings is 1. The van der Waals surface area contributed by atoms with Gasteiger partial charge in [0.15, 0.2) is 0 Å². The molecule has 1 aliphatic rings. The first-order chi connectivity index (χ1) is 8.87. The molecule has 0 radical (unpaired) electrons. The van der Waals surface area contributed by atoms with Crippen molar-refractivity contribution < 1.29 is 9.53 Å². The Hall–Kier alpha value is -1.71. The molecule has 0 aromatic heterocycles. The van der Waals surface area contributed by atoms with Gasteiger partial charge in [0, 0.05) is 5.69 Å². The van der Waals surface area contributed by atoms with Crippen molar-refractivity contribution >= 4 is 11.8 Å². The number of fused-ring (bicyclic) bond motifs is 1. The van der Waals surface area contributed by atoms with Crippen molar-refractivity contribution in [1.82, 2.24) is 5.32 Å². The molecule has 1 aliphatic carbocycles. The van der Waals surface area contributed by atoms with Gasteiger partial charge in [0.25, 0.3) is 0 Å². The fraction of sp³-hybridized carbons (Fsp3) is 0.533. The summed E-state index contributed by atoms with van der Waals surface area (Å²) in [6.45, 7) is 5.58. The molecule has 2 rings (SSSR count). The Bertz CT molecular complexity index is 478. The number of amides is 1. The Morgan fingerprint density at radius 3 is 2.84 bits per heavy atom. The van der Waals surface area contributed by atoms with Gasteiger partial charge in [-0.3, -0.25) is 0 Å². The maximum Gasteiger partial charge on any atom is 0.408 e. The molecule has 19 heavy (non-hydrogen) atoms. The number of carbonyl (C=O) groups excluding carboxylic acids is 1. The number of hydrogen-bond acceptors (Lipinski definition) is 3. The molecule has 4 nitrogen and oxygen atoms in total. The molecule has 0 heterocycles. The zero-order valence-electron chi connectivity index (χ0n) is 11.8. The largest absolute Gasteiger partial charge is 0.444 e. The lowest BCUT2D eigenvalue weighted by molar-refractivity contribution is 0.0498. The number of rotatable bonds is 1. The van der Waals surface area contributed by atoms with Crippen LogP contribution in [0.5, 0.6) is 0 Å². The molecule has 0 saturated heterocycles. The topological polar surface area (TPSA) is 64.3 Å². The second kappa shape index (κ2) is 5.11. The number of anilines is 1. The van der Waals surface area contributed by atoms with E-state index in [9.17, 15) is 4.79 Å². The van der Waals surface area contributed by atoms with Crippen LogP contribution in [0.2, 0.25) is 0 Å². The van der Waals surface area contributed by atoms with E-state index in [0.29, 0.717) is 0 Å². The molecule has 0 bridgehead atoms. The van der Waals surface area contributed by atoms with E-state index in [2.05, 4.69) is 5.32 Å². The molecule has 4 heteroatoms. The standard InChI is InChI=1S/C15H22N2O2/c1-15(2,3)19-14(18)17-13-9-5-6-10-11(13)7-4-8-12(10)16/h4,7-8,13H,5-6,9,16H2,1-3H3,(H,17,18). The highest BCUT2D eigenvalue weighted by molar-refractivity contribution is 5.69. The van der Waals surface area contributed by atoms with Crippen LogP contribution < -0.4 is 11.1 Å². The average molecular weight is 262 g/mol. The molecule has 0 spiro atoms. The van der Waals surface area contributed by atoms with Crippen LogP contribution in [-0.4, -0.2) is 11.7 Å². The van der Waals surface area contributed by atoms with E-state index in [0.717, 1.165) is 36.1 Å². The third-order valence-corrected chi connectivity index (χ3v) is 3.23. The quantitative estimate of drug-likeness (QED) is 0.764. The van der Waals surface area contributed by atoms with Crippen LogP contribution in [0.3, 0.4) is 0 Å². The van der Waals surface area contributed by atoms with Gasteiger partial charge in [-0.05, 0) is 57.2 Å². The molecule has 0 saturated carbocycles. The highest BCUT2D eigenvalue weighted by atomic mass is 16.6. The van der Waals surface area contributed by atoms with Gasteiger partial charge in [-0.2, -0.15) is 0 Å². The minimum absolute atomic E-state index is 0.00194. The number of nitrogen functional groups attached to an aromatic ring is 1. The minimum Gasteiger partial charge on any atom is -0.444 e. The van der Waals surface area contributed by atoms with Crippen LogP contribution in [0.1, 0.15) is 50.8 Å². The highest BCUT2D eigenvalue weighted by Crippen LogP contribution is 2.33. The van der Waals surface area contributed by atoms with Crippen LogP contribution in [-0.2, 0) is 11.2 Å². The lowest BCUT2D eigenvalue weighted by Crippen LogP contribution is -2.36. The zero-order chi connectivity index (χ0) is 14.0. The molecule has 1 aromatic carbocycles. The Morgan fingerprint density at radius 2 is 2.16 bits per heavy atom. The van der Waals surface area contributed by atoms with Crippen LogP contribution in [0.15, 0.2) is 18.2 Å². The van der Waals surface area contributed by atoms with Gasteiger partial charge < -0.3 is 15.8 Å². The Labute approximate surface area is 114 Å². The van der Waals surface area contributed by atoms with Crippen LogP contribution in [0, 0.1) is 0 Å². The molecule has 0 aliphatic heterocycles. The molecule has 1 amide bonds. The van der Waals surface area contributed by atoms with E-state index in [1.165, 1.54) is 0 Å². The smallest absolute Gasteiger partial charge is 0.408 e. The lowest BCUT2D eigenvalue weighted by Gasteiger charge is -2.28. The monoisotopic (exact) mass is 262 g/mol. The maximum atomic E-state index is 11.9. The average Bonchev–Trinajstić information content (AvgIpc) is 2.28. The first-order valence-electron chi connectivity index (χ1n) is 6.73. The maximum absolute atomic E-state index is 11.9. The zero-order valence-corrected chi connectivity index (χ0v) is 11.8. The third kappa shape index (κ3) is 3.40. The Morgan fingerprint density at radius 1 is 1.42 bits per heavy atom. The summed E-state index contributed by atoms with van der Waals surface area (Å²) in [6, 6.07) is 5.88. The number of hydrogen-bond donors (Lipinski definition) is 2. The van der Waals surface area contributed by atoms with Gasteiger partial charge in [-0.1, -0.05) is 12.1 Å². The lowest BCUT2D eigenvalue weighted by atomic mass is 9.87. The van der Waals surface area contributed by atoms with Crippen LogP contribution in [0.25, 0.3) is 0 Å². The van der Waals surface area contributed by atoms with Gasteiger partial charge in [0.05, 0.1) is 6.04 Å². The van der Waals surface area contributed by atoms with Crippen molar-refractivity contribution in [1.29, 1.82) is 0 Å². The summed E-state index contributed by atoms with van der Waals surface area (Å²) in [7, 11) is 0. The molecular weight excluding hydrogens is 240 g/mol. The summed E-state index contributed by atoms with van der Waals surface area (Å²) in [4.78, 5) is 11.9. The van der Waals surface area contributed by atoms with E-state index in [4.69, 9.17) is 10.5 Å². The Balaban J connectivity index is 2.12. The summed E-state index contributed by atoms with van der Waals surface area (Å²) in [6.07, 6.45) is 2.57. The van der Waals surface area contributed by atoms with Gasteiger partial charge >= 0.3 is 6.09 Å². The van der Waals surface area contributed by atoms with E-state index < -0.39 is 5.60 Å². The fourth-order valence-electron chi connectivity index (χ4n) is 2.48. The second-order valence-corrected chi connectivity index (χ2v) is 6.01. The van der Waals surface area contributed by atoms with Crippen molar-refractivity contribution in [3.63, 3.8) is 0 Å². The molecular formula is C15H22N2O2. The van der Waals surface area contributed by atoms with E-state index in [1.807, 2.05) is 39.0 Å². The molecule has 1 atom stereocenters. The number of ether oxygens (including phenoxy) is 1. The summed E-state index contributed by atoms with van der Waals surface area (Å²) in [5.41, 5.74) is 8.61. The summed E-state index contributed by atoms with van der Waals surface area (Å²) in [5.74, 6) is 0. The van der Waals surface area contributed by atoms with Crippen molar-refractivity contribution in [2.75, 3.05) is 5.73 Å². The van der Waals surface area contributed by atoms with E-state index in [-0.39, 0.29) is 12.1 Å². The predicted octanol–water partition coefficient (Wildman–Crippen LogP) is 3.17. The van der Waals surface area contributed by atoms with Gasteiger partial charge in [-0.15, -0.1) is 0 Å². The molecule has 104 valence electrons. The minimum atomic E-state index is -0.475. The van der Waals surface area contributed by atoms with Gasteiger partial charge in [0.2, 0.25) is 0 Å². The van der Waals surface area contributed by atoms with Crippen LogP contribution in [0.4, 0.5) is 10.5 Å². The Kier molecular flexibility index (Phi) is 3.69. The highest BCUT2D eigenvalue weighted by Gasteiger charge is 2.25. The van der Waals surface area contributed by atoms with E-state index in [1.54, 1.807) is 0 Å².